The molecule has 0 atom stereocenters. The SMILES string of the molecule is CC(C)(C)NCc1cc(=O)[nH]c(-c2ncccn2)n1. The molecule has 0 unspecified atom stereocenters. The highest BCUT2D eigenvalue weighted by molar-refractivity contribution is 5.41. The first-order chi connectivity index (χ1) is 8.94. The van der Waals surface area contributed by atoms with Crippen molar-refractivity contribution in [2.45, 2.75) is 32.9 Å². The van der Waals surface area contributed by atoms with E-state index >= 15 is 0 Å². The predicted octanol–water partition coefficient (Wildman–Crippen LogP) is 1.11. The Labute approximate surface area is 111 Å². The molecule has 0 amide bonds. The topological polar surface area (TPSA) is 83.6 Å². The number of nitrogens with zero attached hydrogens (tertiary/aromatic N) is 3. The van der Waals surface area contributed by atoms with Gasteiger partial charge in [0.15, 0.2) is 11.6 Å². The highest BCUT2D eigenvalue weighted by Crippen LogP contribution is 2.07. The van der Waals surface area contributed by atoms with Crippen LogP contribution in [0.5, 0.6) is 0 Å². The summed E-state index contributed by atoms with van der Waals surface area (Å²) in [4.78, 5) is 26.8. The maximum Gasteiger partial charge on any atom is 0.251 e. The van der Waals surface area contributed by atoms with E-state index in [1.807, 2.05) is 0 Å². The third-order valence-electron chi connectivity index (χ3n) is 2.37. The zero-order valence-electron chi connectivity index (χ0n) is 11.3. The molecule has 0 saturated heterocycles. The van der Waals surface area contributed by atoms with Crippen LogP contribution in [0.3, 0.4) is 0 Å². The van der Waals surface area contributed by atoms with Crippen molar-refractivity contribution >= 4 is 0 Å². The molecule has 6 heteroatoms. The minimum absolute atomic E-state index is 0.0340. The molecule has 0 bridgehead atoms. The lowest BCUT2D eigenvalue weighted by Gasteiger charge is -2.20. The molecule has 0 radical (unpaired) electrons. The van der Waals surface area contributed by atoms with Gasteiger partial charge in [0.05, 0.1) is 5.69 Å². The molecule has 0 aliphatic heterocycles. The van der Waals surface area contributed by atoms with Gasteiger partial charge in [0, 0.05) is 30.5 Å². The molecular weight excluding hydrogens is 242 g/mol. The second-order valence-electron chi connectivity index (χ2n) is 5.26. The number of aromatic nitrogens is 4. The normalized spacial score (nSPS) is 11.5. The zero-order valence-corrected chi connectivity index (χ0v) is 11.3. The number of hydrogen-bond acceptors (Lipinski definition) is 5. The molecule has 2 rings (SSSR count). The van der Waals surface area contributed by atoms with Crippen LogP contribution in [0, 0.1) is 0 Å². The lowest BCUT2D eigenvalue weighted by atomic mass is 10.1. The van der Waals surface area contributed by atoms with E-state index in [1.54, 1.807) is 18.5 Å². The average Bonchev–Trinajstić information content (AvgIpc) is 2.36. The summed E-state index contributed by atoms with van der Waals surface area (Å²) >= 11 is 0. The molecule has 0 aliphatic carbocycles. The van der Waals surface area contributed by atoms with E-state index in [0.717, 1.165) is 0 Å². The van der Waals surface area contributed by atoms with Crippen LogP contribution in [0.1, 0.15) is 26.5 Å². The smallest absolute Gasteiger partial charge is 0.251 e. The summed E-state index contributed by atoms with van der Waals surface area (Å²) in [5, 5.41) is 3.29. The van der Waals surface area contributed by atoms with Gasteiger partial charge in [-0.05, 0) is 26.8 Å². The Morgan fingerprint density at radius 1 is 1.26 bits per heavy atom. The Balaban J connectivity index is 2.28. The largest absolute Gasteiger partial charge is 0.306 e. The second-order valence-corrected chi connectivity index (χ2v) is 5.26. The summed E-state index contributed by atoms with van der Waals surface area (Å²) in [6, 6.07) is 3.19. The van der Waals surface area contributed by atoms with Gasteiger partial charge in [-0.25, -0.2) is 15.0 Å². The van der Waals surface area contributed by atoms with Crippen LogP contribution < -0.4 is 10.9 Å². The quantitative estimate of drug-likeness (QED) is 0.862. The Bertz CT molecular complexity index is 600. The lowest BCUT2D eigenvalue weighted by Crippen LogP contribution is -2.35. The fraction of sp³-hybridized carbons (Fsp3) is 0.385. The zero-order chi connectivity index (χ0) is 13.9. The van der Waals surface area contributed by atoms with Gasteiger partial charge in [-0.1, -0.05) is 0 Å². The van der Waals surface area contributed by atoms with Gasteiger partial charge in [-0.2, -0.15) is 0 Å². The fourth-order valence-corrected chi connectivity index (χ4v) is 1.48. The Morgan fingerprint density at radius 3 is 2.58 bits per heavy atom. The summed E-state index contributed by atoms with van der Waals surface area (Å²) in [5.74, 6) is 0.802. The van der Waals surface area contributed by atoms with Crippen molar-refractivity contribution in [3.8, 4) is 11.6 Å². The van der Waals surface area contributed by atoms with Gasteiger partial charge in [0.1, 0.15) is 0 Å². The van der Waals surface area contributed by atoms with Crippen LogP contribution in [0.25, 0.3) is 11.6 Å². The highest BCUT2D eigenvalue weighted by atomic mass is 16.1. The summed E-state index contributed by atoms with van der Waals surface area (Å²) in [6.07, 6.45) is 3.23. The standard InChI is InChI=1S/C13H17N5O/c1-13(2,3)16-8-9-7-10(19)18-12(17-9)11-14-5-4-6-15-11/h4-7,16H,8H2,1-3H3,(H,17,18,19). The molecule has 0 saturated carbocycles. The minimum Gasteiger partial charge on any atom is -0.306 e. The molecule has 0 aromatic carbocycles. The van der Waals surface area contributed by atoms with Gasteiger partial charge in [0.25, 0.3) is 5.56 Å². The first kappa shape index (κ1) is 13.4. The minimum atomic E-state index is -0.205. The van der Waals surface area contributed by atoms with E-state index in [9.17, 15) is 4.79 Å². The van der Waals surface area contributed by atoms with E-state index in [-0.39, 0.29) is 11.1 Å². The maximum atomic E-state index is 11.6. The van der Waals surface area contributed by atoms with Gasteiger partial charge in [-0.15, -0.1) is 0 Å². The first-order valence-electron chi connectivity index (χ1n) is 6.07. The number of hydrogen-bond donors (Lipinski definition) is 2. The van der Waals surface area contributed by atoms with E-state index in [1.165, 1.54) is 6.07 Å². The third kappa shape index (κ3) is 3.96. The van der Waals surface area contributed by atoms with Crippen molar-refractivity contribution in [2.75, 3.05) is 0 Å². The number of nitrogens with one attached hydrogen (secondary N) is 2. The molecular formula is C13H17N5O. The van der Waals surface area contributed by atoms with Crippen molar-refractivity contribution < 1.29 is 0 Å². The summed E-state index contributed by atoms with van der Waals surface area (Å²) in [6.45, 7) is 6.69. The molecule has 0 fully saturated rings. The maximum absolute atomic E-state index is 11.6. The van der Waals surface area contributed by atoms with Crippen molar-refractivity contribution in [1.82, 2.24) is 25.3 Å². The van der Waals surface area contributed by atoms with Crippen molar-refractivity contribution in [3.63, 3.8) is 0 Å². The predicted molar refractivity (Wildman–Crippen MR) is 72.5 cm³/mol. The van der Waals surface area contributed by atoms with Crippen molar-refractivity contribution in [3.05, 3.63) is 40.6 Å². The van der Waals surface area contributed by atoms with Gasteiger partial charge < -0.3 is 10.3 Å². The van der Waals surface area contributed by atoms with E-state index in [0.29, 0.717) is 23.9 Å². The first-order valence-corrected chi connectivity index (χ1v) is 6.07. The Hall–Kier alpha value is -2.08. The van der Waals surface area contributed by atoms with E-state index in [4.69, 9.17) is 0 Å². The Morgan fingerprint density at radius 2 is 1.95 bits per heavy atom. The molecule has 0 spiro atoms. The monoisotopic (exact) mass is 259 g/mol. The fourth-order valence-electron chi connectivity index (χ4n) is 1.48. The number of H-pyrrole nitrogens is 1. The van der Waals surface area contributed by atoms with E-state index < -0.39 is 0 Å². The molecule has 2 N–H and O–H groups in total. The summed E-state index contributed by atoms with van der Waals surface area (Å²) < 4.78 is 0. The van der Waals surface area contributed by atoms with Crippen LogP contribution in [-0.2, 0) is 6.54 Å². The summed E-state index contributed by atoms with van der Waals surface area (Å²) in [5.41, 5.74) is 0.428. The van der Waals surface area contributed by atoms with Gasteiger partial charge in [0.2, 0.25) is 0 Å². The van der Waals surface area contributed by atoms with Crippen LogP contribution in [0.4, 0.5) is 0 Å². The van der Waals surface area contributed by atoms with E-state index in [2.05, 4.69) is 46.0 Å². The highest BCUT2D eigenvalue weighted by Gasteiger charge is 2.11. The molecule has 100 valence electrons. The van der Waals surface area contributed by atoms with Crippen molar-refractivity contribution in [1.29, 1.82) is 0 Å². The lowest BCUT2D eigenvalue weighted by molar-refractivity contribution is 0.421. The number of rotatable bonds is 3. The van der Waals surface area contributed by atoms with Gasteiger partial charge in [-0.3, -0.25) is 4.79 Å². The van der Waals surface area contributed by atoms with Crippen LogP contribution in [0.2, 0.25) is 0 Å². The van der Waals surface area contributed by atoms with Crippen LogP contribution >= 0.6 is 0 Å². The third-order valence-corrected chi connectivity index (χ3v) is 2.37. The van der Waals surface area contributed by atoms with Crippen LogP contribution in [0.15, 0.2) is 29.3 Å². The molecule has 2 heterocycles. The molecule has 2 aromatic heterocycles. The van der Waals surface area contributed by atoms with Crippen LogP contribution in [-0.4, -0.2) is 25.5 Å². The van der Waals surface area contributed by atoms with Gasteiger partial charge >= 0.3 is 0 Å². The average molecular weight is 259 g/mol. The molecule has 0 aliphatic rings. The second kappa shape index (κ2) is 5.27. The van der Waals surface area contributed by atoms with Crippen molar-refractivity contribution in [2.24, 2.45) is 0 Å². The number of aromatic amines is 1. The molecule has 19 heavy (non-hydrogen) atoms. The Kier molecular flexibility index (Phi) is 3.71. The summed E-state index contributed by atoms with van der Waals surface area (Å²) in [7, 11) is 0. The molecule has 2 aromatic rings. The molecule has 6 nitrogen and oxygen atoms in total.